The number of benzene rings is 1. The Morgan fingerprint density at radius 1 is 1.31 bits per heavy atom. The molecular weight excluding hydrogens is 164 g/mol. The number of carbonyl (C=O) groups is 1. The predicted molar refractivity (Wildman–Crippen MR) is 50.1 cm³/mol. The maximum atomic E-state index is 10.1. The van der Waals surface area contributed by atoms with E-state index in [0.29, 0.717) is 0 Å². The highest BCUT2D eigenvalue weighted by Crippen LogP contribution is 1.94. The summed E-state index contributed by atoms with van der Waals surface area (Å²) in [4.78, 5) is 10.1. The standard InChI is InChI=1S/C11H8O2/c12-11(13)9-5-4-8-10-6-2-1-3-7-10/h1-3,5-7,9H,(H,12,13)/b9-5-. The summed E-state index contributed by atoms with van der Waals surface area (Å²) in [6, 6.07) is 9.39. The van der Waals surface area contributed by atoms with E-state index in [1.54, 1.807) is 0 Å². The molecule has 0 heterocycles. The zero-order valence-corrected chi connectivity index (χ0v) is 6.90. The van der Waals surface area contributed by atoms with Crippen LogP contribution in [0.1, 0.15) is 5.56 Å². The second-order valence-corrected chi connectivity index (χ2v) is 2.31. The summed E-state index contributed by atoms with van der Waals surface area (Å²) in [7, 11) is 0. The third kappa shape index (κ3) is 3.78. The van der Waals surface area contributed by atoms with Gasteiger partial charge in [0.15, 0.2) is 0 Å². The summed E-state index contributed by atoms with van der Waals surface area (Å²) in [5.41, 5.74) is 0.873. The summed E-state index contributed by atoms with van der Waals surface area (Å²) in [5, 5.41) is 8.26. The number of aliphatic carboxylic acids is 1. The number of allylic oxidation sites excluding steroid dienone is 1. The molecule has 13 heavy (non-hydrogen) atoms. The van der Waals surface area contributed by atoms with Gasteiger partial charge in [0.2, 0.25) is 0 Å². The Balaban J connectivity index is 2.64. The Morgan fingerprint density at radius 3 is 2.62 bits per heavy atom. The molecule has 0 aliphatic rings. The highest BCUT2D eigenvalue weighted by molar-refractivity contribution is 5.80. The Hall–Kier alpha value is -2.01. The van der Waals surface area contributed by atoms with Gasteiger partial charge in [-0.25, -0.2) is 4.79 Å². The number of hydrogen-bond acceptors (Lipinski definition) is 1. The molecule has 2 nitrogen and oxygen atoms in total. The summed E-state index contributed by atoms with van der Waals surface area (Å²) in [6.45, 7) is 0. The summed E-state index contributed by atoms with van der Waals surface area (Å²) >= 11 is 0. The molecule has 0 bridgehead atoms. The van der Waals surface area contributed by atoms with Crippen molar-refractivity contribution in [2.75, 3.05) is 0 Å². The quantitative estimate of drug-likeness (QED) is 0.517. The van der Waals surface area contributed by atoms with Crippen LogP contribution in [0.5, 0.6) is 0 Å². The molecule has 0 saturated heterocycles. The second-order valence-electron chi connectivity index (χ2n) is 2.31. The van der Waals surface area contributed by atoms with Gasteiger partial charge in [-0.2, -0.15) is 0 Å². The second kappa shape index (κ2) is 4.78. The maximum Gasteiger partial charge on any atom is 0.328 e. The fraction of sp³-hybridized carbons (Fsp3) is 0. The summed E-state index contributed by atoms with van der Waals surface area (Å²) < 4.78 is 0. The van der Waals surface area contributed by atoms with Crippen molar-refractivity contribution in [2.24, 2.45) is 0 Å². The lowest BCUT2D eigenvalue weighted by molar-refractivity contribution is -0.131. The number of hydrogen-bond donors (Lipinski definition) is 1. The minimum absolute atomic E-state index is 0.873. The average molecular weight is 172 g/mol. The van der Waals surface area contributed by atoms with Gasteiger partial charge in [-0.1, -0.05) is 30.0 Å². The van der Waals surface area contributed by atoms with Crippen molar-refractivity contribution < 1.29 is 9.90 Å². The molecule has 0 atom stereocenters. The van der Waals surface area contributed by atoms with Gasteiger partial charge in [-0.15, -0.1) is 0 Å². The highest BCUT2D eigenvalue weighted by atomic mass is 16.4. The molecule has 2 heteroatoms. The molecule has 0 fully saturated rings. The van der Waals surface area contributed by atoms with Crippen molar-refractivity contribution in [1.29, 1.82) is 0 Å². The molecule has 1 aromatic rings. The van der Waals surface area contributed by atoms with Crippen molar-refractivity contribution in [3.63, 3.8) is 0 Å². The van der Waals surface area contributed by atoms with Crippen LogP contribution in [0.4, 0.5) is 0 Å². The fourth-order valence-corrected chi connectivity index (χ4v) is 0.759. The van der Waals surface area contributed by atoms with Crippen LogP contribution in [0, 0.1) is 11.8 Å². The lowest BCUT2D eigenvalue weighted by atomic mass is 10.2. The molecular formula is C11H8O2. The van der Waals surface area contributed by atoms with E-state index in [-0.39, 0.29) is 0 Å². The van der Waals surface area contributed by atoms with Gasteiger partial charge in [0, 0.05) is 11.6 Å². The Bertz CT molecular complexity index is 366. The van der Waals surface area contributed by atoms with E-state index in [1.807, 2.05) is 30.3 Å². The number of carboxylic acids is 1. The van der Waals surface area contributed by atoms with Crippen molar-refractivity contribution in [2.45, 2.75) is 0 Å². The largest absolute Gasteiger partial charge is 0.478 e. The summed E-state index contributed by atoms with van der Waals surface area (Å²) in [6.07, 6.45) is 2.32. The van der Waals surface area contributed by atoms with Crippen LogP contribution in [0.15, 0.2) is 42.5 Å². The fourth-order valence-electron chi connectivity index (χ4n) is 0.759. The van der Waals surface area contributed by atoms with E-state index < -0.39 is 5.97 Å². The smallest absolute Gasteiger partial charge is 0.328 e. The third-order valence-corrected chi connectivity index (χ3v) is 1.30. The van der Waals surface area contributed by atoms with Crippen LogP contribution in [0.25, 0.3) is 0 Å². The minimum atomic E-state index is -0.984. The Morgan fingerprint density at radius 2 is 2.00 bits per heavy atom. The minimum Gasteiger partial charge on any atom is -0.478 e. The first kappa shape index (κ1) is 9.08. The molecule has 1 rings (SSSR count). The van der Waals surface area contributed by atoms with Crippen LogP contribution in [-0.4, -0.2) is 11.1 Å². The molecule has 64 valence electrons. The normalized spacial score (nSPS) is 9.23. The van der Waals surface area contributed by atoms with Gasteiger partial charge in [0.1, 0.15) is 0 Å². The van der Waals surface area contributed by atoms with Crippen molar-refractivity contribution in [3.05, 3.63) is 48.0 Å². The van der Waals surface area contributed by atoms with Crippen LogP contribution in [-0.2, 0) is 4.79 Å². The van der Waals surface area contributed by atoms with Gasteiger partial charge in [-0.3, -0.25) is 0 Å². The van der Waals surface area contributed by atoms with Crippen LogP contribution in [0.2, 0.25) is 0 Å². The van der Waals surface area contributed by atoms with Crippen LogP contribution >= 0.6 is 0 Å². The molecule has 0 radical (unpaired) electrons. The molecule has 0 saturated carbocycles. The van der Waals surface area contributed by atoms with E-state index in [9.17, 15) is 4.79 Å². The van der Waals surface area contributed by atoms with Gasteiger partial charge in [-0.05, 0) is 18.2 Å². The zero-order chi connectivity index (χ0) is 9.52. The first-order valence-corrected chi connectivity index (χ1v) is 3.75. The maximum absolute atomic E-state index is 10.1. The van der Waals surface area contributed by atoms with E-state index in [4.69, 9.17) is 5.11 Å². The lowest BCUT2D eigenvalue weighted by Crippen LogP contribution is -1.84. The highest BCUT2D eigenvalue weighted by Gasteiger charge is 1.81. The first-order chi connectivity index (χ1) is 6.29. The molecule has 0 aromatic heterocycles. The van der Waals surface area contributed by atoms with E-state index >= 15 is 0 Å². The lowest BCUT2D eigenvalue weighted by Gasteiger charge is -1.84. The van der Waals surface area contributed by atoms with E-state index in [0.717, 1.165) is 11.6 Å². The van der Waals surface area contributed by atoms with Gasteiger partial charge in [0.25, 0.3) is 0 Å². The van der Waals surface area contributed by atoms with Crippen LogP contribution < -0.4 is 0 Å². The zero-order valence-electron chi connectivity index (χ0n) is 6.90. The van der Waals surface area contributed by atoms with Gasteiger partial charge in [0.05, 0.1) is 0 Å². The number of carboxylic acid groups (broad SMARTS) is 1. The van der Waals surface area contributed by atoms with Gasteiger partial charge >= 0.3 is 5.97 Å². The Labute approximate surface area is 76.5 Å². The summed E-state index contributed by atoms with van der Waals surface area (Å²) in [5.74, 6) is 4.44. The molecule has 0 aliphatic carbocycles. The van der Waals surface area contributed by atoms with Crippen molar-refractivity contribution >= 4 is 5.97 Å². The topological polar surface area (TPSA) is 37.3 Å². The average Bonchev–Trinajstić information content (AvgIpc) is 2.14. The predicted octanol–water partition coefficient (Wildman–Crippen LogP) is 1.68. The van der Waals surface area contributed by atoms with Crippen molar-refractivity contribution in [3.8, 4) is 11.8 Å². The molecule has 1 aromatic carbocycles. The van der Waals surface area contributed by atoms with E-state index in [1.165, 1.54) is 6.08 Å². The Kier molecular flexibility index (Phi) is 3.34. The first-order valence-electron chi connectivity index (χ1n) is 3.75. The molecule has 0 amide bonds. The molecule has 1 N–H and O–H groups in total. The van der Waals surface area contributed by atoms with E-state index in [2.05, 4.69) is 11.8 Å². The number of rotatable bonds is 1. The third-order valence-electron chi connectivity index (χ3n) is 1.30. The molecule has 0 aliphatic heterocycles. The molecule has 0 spiro atoms. The molecule has 0 unspecified atom stereocenters. The van der Waals surface area contributed by atoms with Gasteiger partial charge < -0.3 is 5.11 Å². The van der Waals surface area contributed by atoms with Crippen molar-refractivity contribution in [1.82, 2.24) is 0 Å². The SMILES string of the molecule is O=C(O)/C=C\C#Cc1ccccc1. The van der Waals surface area contributed by atoms with Crippen LogP contribution in [0.3, 0.4) is 0 Å². The monoisotopic (exact) mass is 172 g/mol.